The fraction of sp³-hybridized carbons (Fsp3) is 0.682. The smallest absolute Gasteiger partial charge is 0.224 e. The standard InChI is InChI=1S/C22H35NO3/c1-15(2)14-22(4)12-8-7-9-18(22)21(24)23-16(3)17-10-11-19(25-5)20(13-17)26-6/h10-11,13,15-16,18H,7-9,12,14H2,1-6H3,(H,23,24). The molecule has 1 aliphatic rings. The lowest BCUT2D eigenvalue weighted by atomic mass is 9.63. The van der Waals surface area contributed by atoms with Gasteiger partial charge in [0.1, 0.15) is 0 Å². The van der Waals surface area contributed by atoms with Crippen LogP contribution in [-0.4, -0.2) is 20.1 Å². The first-order chi connectivity index (χ1) is 12.3. The second-order valence-electron chi connectivity index (χ2n) is 8.40. The summed E-state index contributed by atoms with van der Waals surface area (Å²) in [5.74, 6) is 2.29. The van der Waals surface area contributed by atoms with Gasteiger partial charge in [0.2, 0.25) is 5.91 Å². The van der Waals surface area contributed by atoms with Gasteiger partial charge in [0.05, 0.1) is 20.3 Å². The number of rotatable bonds is 7. The van der Waals surface area contributed by atoms with Crippen LogP contribution in [0.5, 0.6) is 11.5 Å². The minimum atomic E-state index is -0.0625. The normalized spacial score (nSPS) is 24.2. The number of nitrogens with one attached hydrogen (secondary N) is 1. The average molecular weight is 362 g/mol. The molecular formula is C22H35NO3. The van der Waals surface area contributed by atoms with E-state index in [9.17, 15) is 4.79 Å². The summed E-state index contributed by atoms with van der Waals surface area (Å²) in [6.45, 7) is 8.83. The molecule has 0 saturated heterocycles. The zero-order chi connectivity index (χ0) is 19.3. The zero-order valence-electron chi connectivity index (χ0n) is 17.2. The highest BCUT2D eigenvalue weighted by Crippen LogP contribution is 2.45. The summed E-state index contributed by atoms with van der Waals surface area (Å²) in [7, 11) is 3.26. The van der Waals surface area contributed by atoms with Gasteiger partial charge in [-0.1, -0.05) is 39.7 Å². The van der Waals surface area contributed by atoms with Crippen molar-refractivity contribution in [3.05, 3.63) is 23.8 Å². The molecule has 4 nitrogen and oxygen atoms in total. The Hall–Kier alpha value is -1.71. The van der Waals surface area contributed by atoms with E-state index < -0.39 is 0 Å². The summed E-state index contributed by atoms with van der Waals surface area (Å²) in [5, 5.41) is 3.25. The van der Waals surface area contributed by atoms with E-state index in [2.05, 4.69) is 26.1 Å². The lowest BCUT2D eigenvalue weighted by Gasteiger charge is -2.42. The Balaban J connectivity index is 2.12. The molecular weight excluding hydrogens is 326 g/mol. The van der Waals surface area contributed by atoms with Gasteiger partial charge in [-0.3, -0.25) is 4.79 Å². The Morgan fingerprint density at radius 3 is 2.50 bits per heavy atom. The SMILES string of the molecule is COc1ccc(C(C)NC(=O)C2CCCCC2(C)CC(C)C)cc1OC. The van der Waals surface area contributed by atoms with Crippen LogP contribution < -0.4 is 14.8 Å². The fourth-order valence-corrected chi connectivity index (χ4v) is 4.54. The van der Waals surface area contributed by atoms with Crippen LogP contribution in [0, 0.1) is 17.3 Å². The molecule has 3 atom stereocenters. The van der Waals surface area contributed by atoms with Gasteiger partial charge in [-0.2, -0.15) is 0 Å². The van der Waals surface area contributed by atoms with Crippen LogP contribution in [0.4, 0.5) is 0 Å². The summed E-state index contributed by atoms with van der Waals surface area (Å²) in [6, 6.07) is 5.76. The second kappa shape index (κ2) is 8.79. The Labute approximate surface area is 158 Å². The van der Waals surface area contributed by atoms with Crippen molar-refractivity contribution in [1.29, 1.82) is 0 Å². The van der Waals surface area contributed by atoms with Gasteiger partial charge in [-0.25, -0.2) is 0 Å². The lowest BCUT2D eigenvalue weighted by molar-refractivity contribution is -0.132. The van der Waals surface area contributed by atoms with E-state index in [-0.39, 0.29) is 23.3 Å². The number of amides is 1. The van der Waals surface area contributed by atoms with Crippen molar-refractivity contribution < 1.29 is 14.3 Å². The molecule has 4 heteroatoms. The Kier molecular flexibility index (Phi) is 6.96. The van der Waals surface area contributed by atoms with Crippen molar-refractivity contribution in [2.24, 2.45) is 17.3 Å². The lowest BCUT2D eigenvalue weighted by Crippen LogP contribution is -2.43. The molecule has 0 aromatic heterocycles. The van der Waals surface area contributed by atoms with Gasteiger partial charge < -0.3 is 14.8 Å². The van der Waals surface area contributed by atoms with E-state index in [1.54, 1.807) is 14.2 Å². The monoisotopic (exact) mass is 361 g/mol. The summed E-state index contributed by atoms with van der Waals surface area (Å²) in [4.78, 5) is 13.1. The van der Waals surface area contributed by atoms with E-state index in [1.165, 1.54) is 6.42 Å². The average Bonchev–Trinajstić information content (AvgIpc) is 2.60. The number of carbonyl (C=O) groups is 1. The molecule has 2 rings (SSSR count). The van der Waals surface area contributed by atoms with Gasteiger partial charge in [0.25, 0.3) is 0 Å². The van der Waals surface area contributed by atoms with Gasteiger partial charge in [-0.15, -0.1) is 0 Å². The van der Waals surface area contributed by atoms with E-state index in [1.807, 2.05) is 25.1 Å². The van der Waals surface area contributed by atoms with Gasteiger partial charge in [-0.05, 0) is 55.2 Å². The second-order valence-corrected chi connectivity index (χ2v) is 8.40. The van der Waals surface area contributed by atoms with Crippen LogP contribution >= 0.6 is 0 Å². The predicted octanol–water partition coefficient (Wildman–Crippen LogP) is 5.12. The third-order valence-corrected chi connectivity index (χ3v) is 5.79. The first kappa shape index (κ1) is 20.6. The molecule has 1 aliphatic carbocycles. The highest BCUT2D eigenvalue weighted by molar-refractivity contribution is 5.80. The number of benzene rings is 1. The van der Waals surface area contributed by atoms with Crippen molar-refractivity contribution in [1.82, 2.24) is 5.32 Å². The van der Waals surface area contributed by atoms with Crippen LogP contribution in [0.15, 0.2) is 18.2 Å². The highest BCUT2D eigenvalue weighted by atomic mass is 16.5. The quantitative estimate of drug-likeness (QED) is 0.733. The summed E-state index contributed by atoms with van der Waals surface area (Å²) in [6.07, 6.45) is 5.63. The molecule has 0 heterocycles. The van der Waals surface area contributed by atoms with E-state index in [0.29, 0.717) is 17.4 Å². The molecule has 1 fully saturated rings. The topological polar surface area (TPSA) is 47.6 Å². The molecule has 146 valence electrons. The van der Waals surface area contributed by atoms with E-state index in [0.717, 1.165) is 31.2 Å². The molecule has 0 spiro atoms. The summed E-state index contributed by atoms with van der Waals surface area (Å²) < 4.78 is 10.7. The van der Waals surface area contributed by atoms with Gasteiger partial charge >= 0.3 is 0 Å². The molecule has 1 saturated carbocycles. The molecule has 0 aliphatic heterocycles. The number of hydrogen-bond donors (Lipinski definition) is 1. The maximum absolute atomic E-state index is 13.1. The molecule has 1 amide bonds. The first-order valence-electron chi connectivity index (χ1n) is 9.83. The Morgan fingerprint density at radius 2 is 1.88 bits per heavy atom. The van der Waals surface area contributed by atoms with Crippen LogP contribution in [0.3, 0.4) is 0 Å². The van der Waals surface area contributed by atoms with Crippen LogP contribution in [-0.2, 0) is 4.79 Å². The minimum absolute atomic E-state index is 0.0625. The van der Waals surface area contributed by atoms with Crippen molar-refractivity contribution in [3.8, 4) is 11.5 Å². The van der Waals surface area contributed by atoms with Gasteiger partial charge in [0.15, 0.2) is 11.5 Å². The Bertz CT molecular complexity index is 613. The zero-order valence-corrected chi connectivity index (χ0v) is 17.2. The van der Waals surface area contributed by atoms with Crippen LogP contribution in [0.2, 0.25) is 0 Å². The maximum Gasteiger partial charge on any atom is 0.224 e. The summed E-state index contributed by atoms with van der Waals surface area (Å²) in [5.41, 5.74) is 1.13. The molecule has 1 aromatic carbocycles. The minimum Gasteiger partial charge on any atom is -0.493 e. The number of hydrogen-bond acceptors (Lipinski definition) is 3. The Morgan fingerprint density at radius 1 is 1.19 bits per heavy atom. The largest absolute Gasteiger partial charge is 0.493 e. The van der Waals surface area contributed by atoms with Crippen molar-refractivity contribution >= 4 is 5.91 Å². The molecule has 0 bridgehead atoms. The molecule has 1 N–H and O–H groups in total. The van der Waals surface area contributed by atoms with Gasteiger partial charge in [0, 0.05) is 5.92 Å². The molecule has 26 heavy (non-hydrogen) atoms. The first-order valence-corrected chi connectivity index (χ1v) is 9.83. The van der Waals surface area contributed by atoms with Crippen molar-refractivity contribution in [3.63, 3.8) is 0 Å². The third-order valence-electron chi connectivity index (χ3n) is 5.79. The number of methoxy groups -OCH3 is 2. The van der Waals surface area contributed by atoms with Crippen molar-refractivity contribution in [2.45, 2.75) is 65.8 Å². The van der Waals surface area contributed by atoms with Crippen molar-refractivity contribution in [2.75, 3.05) is 14.2 Å². The maximum atomic E-state index is 13.1. The summed E-state index contributed by atoms with van der Waals surface area (Å²) >= 11 is 0. The molecule has 0 radical (unpaired) electrons. The molecule has 3 unspecified atom stereocenters. The van der Waals surface area contributed by atoms with Crippen LogP contribution in [0.1, 0.15) is 71.4 Å². The number of carbonyl (C=O) groups excluding carboxylic acids is 1. The number of ether oxygens (including phenoxy) is 2. The predicted molar refractivity (Wildman–Crippen MR) is 106 cm³/mol. The van der Waals surface area contributed by atoms with Crippen LogP contribution in [0.25, 0.3) is 0 Å². The third kappa shape index (κ3) is 4.72. The highest BCUT2D eigenvalue weighted by Gasteiger charge is 2.41. The molecule has 1 aromatic rings. The van der Waals surface area contributed by atoms with E-state index in [4.69, 9.17) is 9.47 Å². The fourth-order valence-electron chi connectivity index (χ4n) is 4.54. The van der Waals surface area contributed by atoms with E-state index >= 15 is 0 Å².